The van der Waals surface area contributed by atoms with Crippen molar-refractivity contribution >= 4 is 6.09 Å². The summed E-state index contributed by atoms with van der Waals surface area (Å²) in [6.45, 7) is 3.08. The molecule has 1 aliphatic rings. The van der Waals surface area contributed by atoms with Crippen molar-refractivity contribution in [3.63, 3.8) is 0 Å². The molecule has 2 rings (SSSR count). The molecular formula is C17H25NO3. The average molecular weight is 291 g/mol. The number of benzene rings is 1. The van der Waals surface area contributed by atoms with Gasteiger partial charge in [0.2, 0.25) is 0 Å². The zero-order chi connectivity index (χ0) is 15.1. The molecule has 1 saturated carbocycles. The van der Waals surface area contributed by atoms with Gasteiger partial charge in [-0.05, 0) is 37.2 Å². The third-order valence-electron chi connectivity index (χ3n) is 4.39. The van der Waals surface area contributed by atoms with Crippen LogP contribution in [0.4, 0.5) is 4.79 Å². The summed E-state index contributed by atoms with van der Waals surface area (Å²) in [5, 5.41) is 2.84. The molecule has 1 aromatic rings. The number of nitrogens with one attached hydrogen (secondary N) is 1. The molecule has 4 heteroatoms. The molecule has 116 valence electrons. The van der Waals surface area contributed by atoms with Crippen molar-refractivity contribution in [1.29, 1.82) is 0 Å². The Labute approximate surface area is 126 Å². The fourth-order valence-corrected chi connectivity index (χ4v) is 2.75. The first-order chi connectivity index (χ1) is 10.1. The molecule has 0 heterocycles. The maximum absolute atomic E-state index is 11.8. The van der Waals surface area contributed by atoms with Crippen LogP contribution in [0.1, 0.15) is 38.2 Å². The van der Waals surface area contributed by atoms with Crippen molar-refractivity contribution in [3.8, 4) is 0 Å². The Morgan fingerprint density at radius 2 is 1.95 bits per heavy atom. The Bertz CT molecular complexity index is 439. The van der Waals surface area contributed by atoms with E-state index in [9.17, 15) is 4.79 Å². The topological polar surface area (TPSA) is 47.6 Å². The van der Waals surface area contributed by atoms with E-state index in [1.807, 2.05) is 30.3 Å². The second-order valence-electron chi connectivity index (χ2n) is 5.98. The van der Waals surface area contributed by atoms with Crippen LogP contribution in [0, 0.1) is 5.92 Å². The van der Waals surface area contributed by atoms with Gasteiger partial charge in [-0.1, -0.05) is 37.3 Å². The van der Waals surface area contributed by atoms with Crippen LogP contribution in [0.2, 0.25) is 0 Å². The molecule has 1 amide bonds. The normalized spacial score (nSPS) is 25.3. The molecule has 0 spiro atoms. The lowest BCUT2D eigenvalue weighted by molar-refractivity contribution is -0.0455. The quantitative estimate of drug-likeness (QED) is 0.903. The van der Waals surface area contributed by atoms with Gasteiger partial charge in [-0.25, -0.2) is 4.79 Å². The molecule has 0 bridgehead atoms. The van der Waals surface area contributed by atoms with Gasteiger partial charge in [0, 0.05) is 13.7 Å². The van der Waals surface area contributed by atoms with Crippen molar-refractivity contribution in [3.05, 3.63) is 35.9 Å². The fraction of sp³-hybridized carbons (Fsp3) is 0.588. The lowest BCUT2D eigenvalue weighted by Gasteiger charge is -2.38. The minimum atomic E-state index is -0.381. The maximum atomic E-state index is 11.8. The minimum Gasteiger partial charge on any atom is -0.445 e. The van der Waals surface area contributed by atoms with E-state index in [4.69, 9.17) is 9.47 Å². The van der Waals surface area contributed by atoms with E-state index in [0.717, 1.165) is 37.2 Å². The molecule has 1 aliphatic carbocycles. The second kappa shape index (κ2) is 7.46. The minimum absolute atomic E-state index is 0.224. The molecule has 1 aromatic carbocycles. The first-order valence-corrected chi connectivity index (χ1v) is 7.63. The summed E-state index contributed by atoms with van der Waals surface area (Å²) in [5.41, 5.74) is 0.763. The van der Waals surface area contributed by atoms with Gasteiger partial charge in [0.25, 0.3) is 0 Å². The molecule has 0 unspecified atom stereocenters. The summed E-state index contributed by atoms with van der Waals surface area (Å²) in [6.07, 6.45) is 3.89. The Morgan fingerprint density at radius 1 is 1.29 bits per heavy atom. The summed E-state index contributed by atoms with van der Waals surface area (Å²) in [5.74, 6) is 0.748. The van der Waals surface area contributed by atoms with Crippen molar-refractivity contribution in [2.45, 2.75) is 44.8 Å². The highest BCUT2D eigenvalue weighted by Crippen LogP contribution is 2.33. The third-order valence-corrected chi connectivity index (χ3v) is 4.39. The van der Waals surface area contributed by atoms with Crippen LogP contribution < -0.4 is 5.32 Å². The molecule has 1 fully saturated rings. The fourth-order valence-electron chi connectivity index (χ4n) is 2.75. The molecule has 1 N–H and O–H groups in total. The van der Waals surface area contributed by atoms with Gasteiger partial charge in [-0.2, -0.15) is 0 Å². The molecule has 0 atom stereocenters. The monoisotopic (exact) mass is 291 g/mol. The number of rotatable bonds is 5. The summed E-state index contributed by atoms with van der Waals surface area (Å²) in [6, 6.07) is 9.67. The summed E-state index contributed by atoms with van der Waals surface area (Å²) < 4.78 is 10.9. The van der Waals surface area contributed by atoms with Gasteiger partial charge < -0.3 is 14.8 Å². The van der Waals surface area contributed by atoms with Crippen LogP contribution in [-0.4, -0.2) is 25.3 Å². The zero-order valence-electron chi connectivity index (χ0n) is 12.9. The highest BCUT2D eigenvalue weighted by molar-refractivity contribution is 5.67. The lowest BCUT2D eigenvalue weighted by atomic mass is 9.79. The Hall–Kier alpha value is -1.55. The molecular weight excluding hydrogens is 266 g/mol. The van der Waals surface area contributed by atoms with E-state index >= 15 is 0 Å². The zero-order valence-corrected chi connectivity index (χ0v) is 12.9. The van der Waals surface area contributed by atoms with Gasteiger partial charge >= 0.3 is 6.09 Å². The van der Waals surface area contributed by atoms with Gasteiger partial charge in [-0.15, -0.1) is 0 Å². The maximum Gasteiger partial charge on any atom is 0.407 e. The van der Waals surface area contributed by atoms with E-state index in [1.54, 1.807) is 7.11 Å². The molecule has 4 nitrogen and oxygen atoms in total. The van der Waals surface area contributed by atoms with Crippen LogP contribution in [0.15, 0.2) is 30.3 Å². The molecule has 0 radical (unpaired) electrons. The smallest absolute Gasteiger partial charge is 0.407 e. The van der Waals surface area contributed by atoms with Gasteiger partial charge in [0.15, 0.2) is 0 Å². The average Bonchev–Trinajstić information content (AvgIpc) is 2.54. The van der Waals surface area contributed by atoms with Crippen LogP contribution in [0.5, 0.6) is 0 Å². The summed E-state index contributed by atoms with van der Waals surface area (Å²) in [7, 11) is 1.73. The van der Waals surface area contributed by atoms with Crippen molar-refractivity contribution < 1.29 is 14.3 Å². The molecule has 0 saturated heterocycles. The SMILES string of the molecule is CO[C@]1(CNC(=O)OCc2ccccc2)CC[C@@H](C)CC1. The van der Waals surface area contributed by atoms with E-state index in [0.29, 0.717) is 13.2 Å². The molecule has 0 aliphatic heterocycles. The number of alkyl carbamates (subject to hydrolysis) is 1. The van der Waals surface area contributed by atoms with E-state index in [1.165, 1.54) is 0 Å². The molecule has 0 aromatic heterocycles. The Kier molecular flexibility index (Phi) is 5.62. The predicted octanol–water partition coefficient (Wildman–Crippen LogP) is 3.51. The number of carbonyl (C=O) groups is 1. The third kappa shape index (κ3) is 4.74. The number of carbonyl (C=O) groups excluding carboxylic acids is 1. The number of methoxy groups -OCH3 is 1. The van der Waals surface area contributed by atoms with E-state index in [-0.39, 0.29) is 11.7 Å². The number of hydrogen-bond acceptors (Lipinski definition) is 3. The standard InChI is InChI=1S/C17H25NO3/c1-14-8-10-17(20-2,11-9-14)13-18-16(19)21-12-15-6-4-3-5-7-15/h3-7,14H,8-13H2,1-2H3,(H,18,19)/t14-,17-. The van der Waals surface area contributed by atoms with Crippen molar-refractivity contribution in [2.24, 2.45) is 5.92 Å². The Balaban J connectivity index is 1.75. The van der Waals surface area contributed by atoms with Gasteiger partial charge in [0.1, 0.15) is 6.61 Å². The van der Waals surface area contributed by atoms with Gasteiger partial charge in [-0.3, -0.25) is 0 Å². The van der Waals surface area contributed by atoms with Crippen LogP contribution in [-0.2, 0) is 16.1 Å². The predicted molar refractivity (Wildman–Crippen MR) is 82.0 cm³/mol. The number of ether oxygens (including phenoxy) is 2. The van der Waals surface area contributed by atoms with E-state index in [2.05, 4.69) is 12.2 Å². The largest absolute Gasteiger partial charge is 0.445 e. The number of hydrogen-bond donors (Lipinski definition) is 1. The van der Waals surface area contributed by atoms with Crippen molar-refractivity contribution in [2.75, 3.05) is 13.7 Å². The second-order valence-corrected chi connectivity index (χ2v) is 5.98. The highest BCUT2D eigenvalue weighted by Gasteiger charge is 2.34. The highest BCUT2D eigenvalue weighted by atomic mass is 16.5. The Morgan fingerprint density at radius 3 is 2.57 bits per heavy atom. The van der Waals surface area contributed by atoms with Crippen LogP contribution >= 0.6 is 0 Å². The van der Waals surface area contributed by atoms with Crippen LogP contribution in [0.25, 0.3) is 0 Å². The molecule has 21 heavy (non-hydrogen) atoms. The van der Waals surface area contributed by atoms with Crippen LogP contribution in [0.3, 0.4) is 0 Å². The van der Waals surface area contributed by atoms with Crippen molar-refractivity contribution in [1.82, 2.24) is 5.32 Å². The summed E-state index contributed by atoms with van der Waals surface area (Å²) in [4.78, 5) is 11.8. The number of amides is 1. The van der Waals surface area contributed by atoms with E-state index < -0.39 is 0 Å². The first kappa shape index (κ1) is 15.8. The lowest BCUT2D eigenvalue weighted by Crippen LogP contribution is -2.46. The summed E-state index contributed by atoms with van der Waals surface area (Å²) >= 11 is 0. The first-order valence-electron chi connectivity index (χ1n) is 7.63. The van der Waals surface area contributed by atoms with Gasteiger partial charge in [0.05, 0.1) is 5.60 Å².